The normalized spacial score (nSPS) is 22.4. The topological polar surface area (TPSA) is 51.7 Å². The van der Waals surface area contributed by atoms with Crippen LogP contribution >= 0.6 is 0 Å². The predicted octanol–water partition coefficient (Wildman–Crippen LogP) is 3.08. The van der Waals surface area contributed by atoms with E-state index in [9.17, 15) is 4.79 Å². The fourth-order valence-electron chi connectivity index (χ4n) is 2.38. The first kappa shape index (κ1) is 14.8. The maximum absolute atomic E-state index is 12.3. The lowest BCUT2D eigenvalue weighted by Crippen LogP contribution is -2.44. The van der Waals surface area contributed by atoms with E-state index in [0.717, 1.165) is 11.3 Å². The molecule has 1 aromatic rings. The Labute approximate surface area is 119 Å². The SMILES string of the molecule is COC1CN(C(=O)OC(C)(C)C)C(C)c2cccnc21. The van der Waals surface area contributed by atoms with Crippen molar-refractivity contribution in [2.45, 2.75) is 45.4 Å². The van der Waals surface area contributed by atoms with E-state index in [0.29, 0.717) is 6.54 Å². The van der Waals surface area contributed by atoms with Crippen LogP contribution in [0, 0.1) is 0 Å². The Morgan fingerprint density at radius 3 is 2.75 bits per heavy atom. The monoisotopic (exact) mass is 278 g/mol. The van der Waals surface area contributed by atoms with Crippen LogP contribution in [-0.4, -0.2) is 35.2 Å². The average molecular weight is 278 g/mol. The Kier molecular flexibility index (Phi) is 3.99. The number of carbonyl (C=O) groups excluding carboxylic acids is 1. The molecule has 2 unspecified atom stereocenters. The molecule has 2 atom stereocenters. The van der Waals surface area contributed by atoms with Gasteiger partial charge in [-0.1, -0.05) is 6.07 Å². The van der Waals surface area contributed by atoms with Crippen LogP contribution in [-0.2, 0) is 9.47 Å². The number of hydrogen-bond acceptors (Lipinski definition) is 4. The number of nitrogens with zero attached hydrogens (tertiary/aromatic N) is 2. The van der Waals surface area contributed by atoms with E-state index in [2.05, 4.69) is 4.98 Å². The van der Waals surface area contributed by atoms with Crippen LogP contribution in [0.1, 0.15) is 51.1 Å². The highest BCUT2D eigenvalue weighted by Crippen LogP contribution is 2.35. The second-order valence-electron chi connectivity index (χ2n) is 6.01. The van der Waals surface area contributed by atoms with Crippen LogP contribution in [0.3, 0.4) is 0 Å². The van der Waals surface area contributed by atoms with Crippen LogP contribution in [0.4, 0.5) is 4.79 Å². The van der Waals surface area contributed by atoms with Gasteiger partial charge in [0, 0.05) is 13.3 Å². The van der Waals surface area contributed by atoms with Gasteiger partial charge in [-0.05, 0) is 39.3 Å². The Balaban J connectivity index is 2.28. The van der Waals surface area contributed by atoms with Crippen LogP contribution in [0.15, 0.2) is 18.3 Å². The van der Waals surface area contributed by atoms with E-state index < -0.39 is 5.60 Å². The molecule has 0 fully saturated rings. The van der Waals surface area contributed by atoms with Gasteiger partial charge in [0.05, 0.1) is 18.3 Å². The third kappa shape index (κ3) is 2.93. The minimum absolute atomic E-state index is 0.0695. The summed E-state index contributed by atoms with van der Waals surface area (Å²) in [5.74, 6) is 0. The van der Waals surface area contributed by atoms with Gasteiger partial charge in [-0.25, -0.2) is 4.79 Å². The summed E-state index contributed by atoms with van der Waals surface area (Å²) < 4.78 is 10.9. The third-order valence-corrected chi connectivity index (χ3v) is 3.37. The maximum Gasteiger partial charge on any atom is 0.410 e. The third-order valence-electron chi connectivity index (χ3n) is 3.37. The zero-order valence-corrected chi connectivity index (χ0v) is 12.7. The number of aromatic nitrogens is 1. The number of pyridine rings is 1. The zero-order chi connectivity index (χ0) is 14.9. The summed E-state index contributed by atoms with van der Waals surface area (Å²) in [6, 6.07) is 3.79. The molecule has 1 aliphatic heterocycles. The van der Waals surface area contributed by atoms with Crippen molar-refractivity contribution in [2.24, 2.45) is 0 Å². The minimum atomic E-state index is -0.505. The number of hydrogen-bond donors (Lipinski definition) is 0. The number of amides is 1. The molecule has 0 aliphatic carbocycles. The minimum Gasteiger partial charge on any atom is -0.444 e. The van der Waals surface area contributed by atoms with Crippen LogP contribution in [0.25, 0.3) is 0 Å². The molecule has 2 rings (SSSR count). The summed E-state index contributed by atoms with van der Waals surface area (Å²) in [6.07, 6.45) is 1.22. The van der Waals surface area contributed by atoms with Crippen LogP contribution in [0.5, 0.6) is 0 Å². The second kappa shape index (κ2) is 5.40. The second-order valence-corrected chi connectivity index (χ2v) is 6.01. The van der Waals surface area contributed by atoms with E-state index in [1.165, 1.54) is 0 Å². The highest BCUT2D eigenvalue weighted by atomic mass is 16.6. The summed E-state index contributed by atoms with van der Waals surface area (Å²) in [7, 11) is 1.63. The van der Waals surface area contributed by atoms with E-state index in [-0.39, 0.29) is 18.2 Å². The molecule has 0 N–H and O–H groups in total. The lowest BCUT2D eigenvalue weighted by molar-refractivity contribution is -0.00999. The Morgan fingerprint density at radius 2 is 2.15 bits per heavy atom. The molecule has 1 aromatic heterocycles. The largest absolute Gasteiger partial charge is 0.444 e. The smallest absolute Gasteiger partial charge is 0.410 e. The molecule has 0 saturated carbocycles. The molecular weight excluding hydrogens is 256 g/mol. The summed E-state index contributed by atoms with van der Waals surface area (Å²) in [6.45, 7) is 8.03. The fraction of sp³-hybridized carbons (Fsp3) is 0.600. The first-order chi connectivity index (χ1) is 9.33. The average Bonchev–Trinajstić information content (AvgIpc) is 2.37. The van der Waals surface area contributed by atoms with Gasteiger partial charge in [0.1, 0.15) is 11.7 Å². The van der Waals surface area contributed by atoms with Gasteiger partial charge in [0.25, 0.3) is 0 Å². The molecule has 5 nitrogen and oxygen atoms in total. The molecule has 1 aliphatic rings. The number of carbonyl (C=O) groups is 1. The zero-order valence-electron chi connectivity index (χ0n) is 12.7. The van der Waals surface area contributed by atoms with Gasteiger partial charge in [-0.3, -0.25) is 9.88 Å². The van der Waals surface area contributed by atoms with Crippen molar-refractivity contribution in [1.29, 1.82) is 0 Å². The van der Waals surface area contributed by atoms with Crippen molar-refractivity contribution < 1.29 is 14.3 Å². The summed E-state index contributed by atoms with van der Waals surface area (Å²) in [4.78, 5) is 18.4. The molecule has 0 spiro atoms. The quantitative estimate of drug-likeness (QED) is 0.792. The van der Waals surface area contributed by atoms with E-state index in [1.807, 2.05) is 39.8 Å². The van der Waals surface area contributed by atoms with Crippen molar-refractivity contribution >= 4 is 6.09 Å². The summed E-state index contributed by atoms with van der Waals surface area (Å²) in [5, 5.41) is 0. The highest BCUT2D eigenvalue weighted by molar-refractivity contribution is 5.69. The van der Waals surface area contributed by atoms with Gasteiger partial charge in [0.15, 0.2) is 0 Å². The molecule has 0 aromatic carbocycles. The van der Waals surface area contributed by atoms with Gasteiger partial charge in [-0.15, -0.1) is 0 Å². The summed E-state index contributed by atoms with van der Waals surface area (Å²) >= 11 is 0. The van der Waals surface area contributed by atoms with Crippen molar-refractivity contribution in [1.82, 2.24) is 9.88 Å². The van der Waals surface area contributed by atoms with E-state index >= 15 is 0 Å². The van der Waals surface area contributed by atoms with Gasteiger partial charge in [-0.2, -0.15) is 0 Å². The highest BCUT2D eigenvalue weighted by Gasteiger charge is 2.36. The molecule has 0 saturated heterocycles. The molecule has 5 heteroatoms. The Bertz CT molecular complexity index is 496. The van der Waals surface area contributed by atoms with Crippen molar-refractivity contribution in [3.05, 3.63) is 29.6 Å². The van der Waals surface area contributed by atoms with Gasteiger partial charge >= 0.3 is 6.09 Å². The molecule has 0 radical (unpaired) electrons. The van der Waals surface area contributed by atoms with Crippen molar-refractivity contribution in [3.63, 3.8) is 0 Å². The fourth-order valence-corrected chi connectivity index (χ4v) is 2.38. The Morgan fingerprint density at radius 1 is 1.45 bits per heavy atom. The Hall–Kier alpha value is -1.62. The molecule has 110 valence electrons. The first-order valence-electron chi connectivity index (χ1n) is 6.80. The molecule has 20 heavy (non-hydrogen) atoms. The standard InChI is InChI=1S/C15H22N2O3/c1-10-11-7-6-8-16-13(11)12(19-5)9-17(10)14(18)20-15(2,3)4/h6-8,10,12H,9H2,1-5H3. The molecule has 1 amide bonds. The van der Waals surface area contributed by atoms with Crippen molar-refractivity contribution in [3.8, 4) is 0 Å². The lowest BCUT2D eigenvalue weighted by atomic mass is 9.96. The lowest BCUT2D eigenvalue weighted by Gasteiger charge is -2.38. The number of rotatable bonds is 1. The van der Waals surface area contributed by atoms with Crippen molar-refractivity contribution in [2.75, 3.05) is 13.7 Å². The molecule has 2 heterocycles. The molecular formula is C15H22N2O3. The molecule has 0 bridgehead atoms. The number of ether oxygens (including phenoxy) is 2. The van der Waals surface area contributed by atoms with Gasteiger partial charge in [0.2, 0.25) is 0 Å². The van der Waals surface area contributed by atoms with E-state index in [4.69, 9.17) is 9.47 Å². The number of methoxy groups -OCH3 is 1. The summed E-state index contributed by atoms with van der Waals surface area (Å²) in [5.41, 5.74) is 1.41. The predicted molar refractivity (Wildman–Crippen MR) is 75.3 cm³/mol. The van der Waals surface area contributed by atoms with Crippen LogP contribution in [0.2, 0.25) is 0 Å². The van der Waals surface area contributed by atoms with Crippen LogP contribution < -0.4 is 0 Å². The first-order valence-corrected chi connectivity index (χ1v) is 6.80. The maximum atomic E-state index is 12.3. The van der Waals surface area contributed by atoms with Gasteiger partial charge < -0.3 is 9.47 Å². The van der Waals surface area contributed by atoms with E-state index in [1.54, 1.807) is 18.2 Å². The number of fused-ring (bicyclic) bond motifs is 1.